The molecule has 7 heteroatoms. The Morgan fingerprint density at radius 2 is 1.78 bits per heavy atom. The van der Waals surface area contributed by atoms with Crippen molar-refractivity contribution < 1.29 is 13.2 Å². The lowest BCUT2D eigenvalue weighted by Gasteiger charge is -2.13. The van der Waals surface area contributed by atoms with Crippen molar-refractivity contribution in [1.29, 1.82) is 0 Å². The van der Waals surface area contributed by atoms with Gasteiger partial charge in [-0.2, -0.15) is 0 Å². The number of rotatable bonds is 5. The van der Waals surface area contributed by atoms with Gasteiger partial charge in [0, 0.05) is 17.1 Å². The Balaban J connectivity index is 2.29. The highest BCUT2D eigenvalue weighted by Crippen LogP contribution is 2.24. The zero-order valence-corrected chi connectivity index (χ0v) is 14.3. The number of aryl methyl sites for hydroxylation is 1. The van der Waals surface area contributed by atoms with Crippen LogP contribution in [0.2, 0.25) is 5.02 Å². The van der Waals surface area contributed by atoms with Gasteiger partial charge in [0.15, 0.2) is 0 Å². The Hall–Kier alpha value is -2.05. The first-order chi connectivity index (χ1) is 10.8. The van der Waals surface area contributed by atoms with Gasteiger partial charge in [0.1, 0.15) is 0 Å². The van der Waals surface area contributed by atoms with Crippen LogP contribution in [-0.2, 0) is 14.8 Å². The number of hydrogen-bond acceptors (Lipinski definition) is 3. The lowest BCUT2D eigenvalue weighted by Crippen LogP contribution is -2.14. The molecule has 0 atom stereocenters. The van der Waals surface area contributed by atoms with Crippen molar-refractivity contribution in [1.82, 2.24) is 0 Å². The largest absolute Gasteiger partial charge is 0.326 e. The quantitative estimate of drug-likeness (QED) is 0.859. The third-order valence-corrected chi connectivity index (χ3v) is 4.84. The van der Waals surface area contributed by atoms with E-state index < -0.39 is 10.0 Å². The van der Waals surface area contributed by atoms with E-state index in [-0.39, 0.29) is 10.8 Å². The summed E-state index contributed by atoms with van der Waals surface area (Å²) < 4.78 is 27.4. The number of carbonyl (C=O) groups is 1. The monoisotopic (exact) mass is 352 g/mol. The Kier molecular flexibility index (Phi) is 5.28. The molecule has 122 valence electrons. The minimum absolute atomic E-state index is 0.115. The smallest absolute Gasteiger partial charge is 0.261 e. The van der Waals surface area contributed by atoms with E-state index in [4.69, 9.17) is 11.6 Å². The van der Waals surface area contributed by atoms with Crippen molar-refractivity contribution >= 4 is 38.9 Å². The number of carbonyl (C=O) groups excluding carboxylic acids is 1. The third kappa shape index (κ3) is 4.46. The molecule has 0 unspecified atom stereocenters. The molecule has 0 aliphatic carbocycles. The van der Waals surface area contributed by atoms with Crippen molar-refractivity contribution in [2.24, 2.45) is 0 Å². The molecule has 0 aliphatic rings. The summed E-state index contributed by atoms with van der Waals surface area (Å²) in [7, 11) is -3.72. The van der Waals surface area contributed by atoms with Crippen molar-refractivity contribution in [2.45, 2.75) is 25.2 Å². The predicted molar refractivity (Wildman–Crippen MR) is 92.4 cm³/mol. The van der Waals surface area contributed by atoms with E-state index in [9.17, 15) is 13.2 Å². The first-order valence-corrected chi connectivity index (χ1v) is 8.87. The highest BCUT2D eigenvalue weighted by molar-refractivity contribution is 7.92. The van der Waals surface area contributed by atoms with Crippen molar-refractivity contribution in [3.05, 3.63) is 53.1 Å². The standard InChI is InChI=1S/C16H17ClN2O3S/c1-3-16(20)18-13-7-4-11(2)15(10-13)19-23(21,22)14-8-5-12(17)6-9-14/h4-10,19H,3H2,1-2H3,(H,18,20). The fraction of sp³-hybridized carbons (Fsp3) is 0.188. The maximum atomic E-state index is 12.4. The summed E-state index contributed by atoms with van der Waals surface area (Å²) >= 11 is 5.77. The lowest BCUT2D eigenvalue weighted by atomic mass is 10.2. The van der Waals surface area contributed by atoms with Gasteiger partial charge in [-0.3, -0.25) is 9.52 Å². The molecule has 5 nitrogen and oxygen atoms in total. The van der Waals surface area contributed by atoms with Crippen molar-refractivity contribution in [3.8, 4) is 0 Å². The molecule has 0 aliphatic heterocycles. The minimum atomic E-state index is -3.72. The Morgan fingerprint density at radius 3 is 2.39 bits per heavy atom. The number of nitrogens with one attached hydrogen (secondary N) is 2. The van der Waals surface area contributed by atoms with Crippen LogP contribution in [0.3, 0.4) is 0 Å². The van der Waals surface area contributed by atoms with E-state index in [1.807, 2.05) is 0 Å². The molecular formula is C16H17ClN2O3S. The summed E-state index contributed by atoms with van der Waals surface area (Å²) in [5.41, 5.74) is 1.70. The highest BCUT2D eigenvalue weighted by atomic mass is 35.5. The maximum absolute atomic E-state index is 12.4. The first kappa shape index (κ1) is 17.3. The molecule has 0 fully saturated rings. The Bertz CT molecular complexity index is 818. The molecule has 23 heavy (non-hydrogen) atoms. The first-order valence-electron chi connectivity index (χ1n) is 7.00. The van der Waals surface area contributed by atoms with Gasteiger partial charge in [-0.25, -0.2) is 8.42 Å². The van der Waals surface area contributed by atoms with E-state index in [2.05, 4.69) is 10.0 Å². The van der Waals surface area contributed by atoms with E-state index in [1.165, 1.54) is 24.3 Å². The minimum Gasteiger partial charge on any atom is -0.326 e. The summed E-state index contributed by atoms with van der Waals surface area (Å²) in [5, 5.41) is 3.16. The molecule has 0 heterocycles. The van der Waals surface area contributed by atoms with Crippen LogP contribution in [0.5, 0.6) is 0 Å². The summed E-state index contributed by atoms with van der Waals surface area (Å²) in [6.45, 7) is 3.53. The molecule has 0 radical (unpaired) electrons. The topological polar surface area (TPSA) is 75.3 Å². The van der Waals surface area contributed by atoms with Gasteiger partial charge in [0.25, 0.3) is 10.0 Å². The molecule has 2 aromatic carbocycles. The van der Waals surface area contributed by atoms with Crippen LogP contribution in [-0.4, -0.2) is 14.3 Å². The summed E-state index contributed by atoms with van der Waals surface area (Å²) in [5.74, 6) is -0.139. The molecule has 0 bridgehead atoms. The number of benzene rings is 2. The average molecular weight is 353 g/mol. The molecular weight excluding hydrogens is 336 g/mol. The average Bonchev–Trinajstić information content (AvgIpc) is 2.50. The van der Waals surface area contributed by atoms with Gasteiger partial charge in [-0.15, -0.1) is 0 Å². The number of sulfonamides is 1. The molecule has 2 rings (SSSR count). The van der Waals surface area contributed by atoms with E-state index in [0.717, 1.165) is 5.56 Å². The predicted octanol–water partition coefficient (Wildman–Crippen LogP) is 3.80. The second-order valence-electron chi connectivity index (χ2n) is 4.99. The molecule has 0 spiro atoms. The number of anilines is 2. The van der Waals surface area contributed by atoms with Crippen LogP contribution in [0.15, 0.2) is 47.4 Å². The molecule has 0 saturated heterocycles. The highest BCUT2D eigenvalue weighted by Gasteiger charge is 2.15. The molecule has 0 saturated carbocycles. The van der Waals surface area contributed by atoms with Crippen LogP contribution in [0, 0.1) is 6.92 Å². The van der Waals surface area contributed by atoms with Gasteiger partial charge < -0.3 is 5.32 Å². The third-order valence-electron chi connectivity index (χ3n) is 3.21. The molecule has 2 aromatic rings. The second kappa shape index (κ2) is 7.02. The lowest BCUT2D eigenvalue weighted by molar-refractivity contribution is -0.115. The summed E-state index contributed by atoms with van der Waals surface area (Å²) in [6.07, 6.45) is 0.347. The number of hydrogen-bond donors (Lipinski definition) is 2. The Morgan fingerprint density at radius 1 is 1.13 bits per heavy atom. The van der Waals surface area contributed by atoms with Crippen LogP contribution in [0.1, 0.15) is 18.9 Å². The summed E-state index contributed by atoms with van der Waals surface area (Å²) in [4.78, 5) is 11.6. The summed E-state index contributed by atoms with van der Waals surface area (Å²) in [6, 6.07) is 11.0. The van der Waals surface area contributed by atoms with Gasteiger partial charge in [0.05, 0.1) is 10.6 Å². The zero-order valence-electron chi connectivity index (χ0n) is 12.8. The van der Waals surface area contributed by atoms with Crippen molar-refractivity contribution in [3.63, 3.8) is 0 Å². The van der Waals surface area contributed by atoms with E-state index in [1.54, 1.807) is 32.0 Å². The van der Waals surface area contributed by atoms with Gasteiger partial charge >= 0.3 is 0 Å². The van der Waals surface area contributed by atoms with Crippen LogP contribution in [0.4, 0.5) is 11.4 Å². The number of amides is 1. The fourth-order valence-electron chi connectivity index (χ4n) is 1.88. The van der Waals surface area contributed by atoms with Crippen LogP contribution in [0.25, 0.3) is 0 Å². The Labute approximate surface area is 140 Å². The molecule has 0 aromatic heterocycles. The van der Waals surface area contributed by atoms with E-state index >= 15 is 0 Å². The van der Waals surface area contributed by atoms with Gasteiger partial charge in [-0.05, 0) is 48.9 Å². The second-order valence-corrected chi connectivity index (χ2v) is 7.11. The molecule has 2 N–H and O–H groups in total. The van der Waals surface area contributed by atoms with E-state index in [0.29, 0.717) is 22.8 Å². The van der Waals surface area contributed by atoms with Crippen molar-refractivity contribution in [2.75, 3.05) is 10.0 Å². The van der Waals surface area contributed by atoms with Crippen LogP contribution < -0.4 is 10.0 Å². The molecule has 1 amide bonds. The number of halogens is 1. The SMILES string of the molecule is CCC(=O)Nc1ccc(C)c(NS(=O)(=O)c2ccc(Cl)cc2)c1. The van der Waals surface area contributed by atoms with Gasteiger partial charge in [-0.1, -0.05) is 24.6 Å². The van der Waals surface area contributed by atoms with Gasteiger partial charge in [0.2, 0.25) is 5.91 Å². The fourth-order valence-corrected chi connectivity index (χ4v) is 3.12. The normalized spacial score (nSPS) is 11.1. The maximum Gasteiger partial charge on any atom is 0.261 e. The van der Waals surface area contributed by atoms with Crippen LogP contribution >= 0.6 is 11.6 Å². The zero-order chi connectivity index (χ0) is 17.0.